The van der Waals surface area contributed by atoms with Gasteiger partial charge >= 0.3 is 6.03 Å². The Labute approximate surface area is 132 Å². The Bertz CT molecular complexity index is 521. The number of benzene rings is 1. The molecule has 1 unspecified atom stereocenters. The van der Waals surface area contributed by atoms with E-state index in [0.717, 1.165) is 24.3 Å². The highest BCUT2D eigenvalue weighted by Gasteiger charge is 2.23. The van der Waals surface area contributed by atoms with E-state index in [4.69, 9.17) is 0 Å². The van der Waals surface area contributed by atoms with Crippen LogP contribution < -0.4 is 15.5 Å². The zero-order valence-electron chi connectivity index (χ0n) is 13.8. The van der Waals surface area contributed by atoms with Crippen molar-refractivity contribution in [2.75, 3.05) is 29.9 Å². The highest BCUT2D eigenvalue weighted by molar-refractivity contribution is 5.90. The van der Waals surface area contributed by atoms with Gasteiger partial charge in [-0.3, -0.25) is 0 Å². The molecule has 1 aliphatic rings. The van der Waals surface area contributed by atoms with Gasteiger partial charge in [-0.15, -0.1) is 0 Å². The lowest BCUT2D eigenvalue weighted by Crippen LogP contribution is -2.50. The fourth-order valence-electron chi connectivity index (χ4n) is 2.63. The Hall–Kier alpha value is -1.75. The van der Waals surface area contributed by atoms with E-state index < -0.39 is 5.54 Å². The molecule has 1 saturated heterocycles. The second-order valence-electron chi connectivity index (χ2n) is 6.34. The van der Waals surface area contributed by atoms with Crippen LogP contribution in [0.3, 0.4) is 0 Å². The summed E-state index contributed by atoms with van der Waals surface area (Å²) in [5.74, 6) is 0. The lowest BCUT2D eigenvalue weighted by molar-refractivity contribution is 0.172. The summed E-state index contributed by atoms with van der Waals surface area (Å²) in [5.41, 5.74) is 2.47. The number of nitrogens with zero attached hydrogens (tertiary/aromatic N) is 1. The number of aliphatic hydroxyl groups excluding tert-OH is 1. The molecule has 1 aromatic rings. The van der Waals surface area contributed by atoms with Crippen molar-refractivity contribution in [3.8, 4) is 0 Å². The molecule has 1 atom stereocenters. The van der Waals surface area contributed by atoms with Crippen molar-refractivity contribution >= 4 is 17.4 Å². The maximum absolute atomic E-state index is 12.1. The molecule has 0 saturated carbocycles. The Morgan fingerprint density at radius 1 is 1.36 bits per heavy atom. The van der Waals surface area contributed by atoms with E-state index in [2.05, 4.69) is 27.7 Å². The minimum Gasteiger partial charge on any atom is -0.394 e. The van der Waals surface area contributed by atoms with Gasteiger partial charge in [0.25, 0.3) is 0 Å². The fourth-order valence-corrected chi connectivity index (χ4v) is 2.63. The Balaban J connectivity index is 2.02. The zero-order valence-corrected chi connectivity index (χ0v) is 13.8. The molecule has 1 aromatic carbocycles. The molecule has 5 heteroatoms. The first-order chi connectivity index (χ1) is 10.5. The second-order valence-corrected chi connectivity index (χ2v) is 6.34. The third-order valence-electron chi connectivity index (χ3n) is 4.47. The largest absolute Gasteiger partial charge is 0.394 e. The van der Waals surface area contributed by atoms with Crippen molar-refractivity contribution in [1.29, 1.82) is 0 Å². The van der Waals surface area contributed by atoms with E-state index >= 15 is 0 Å². The van der Waals surface area contributed by atoms with Crippen LogP contribution in [0.15, 0.2) is 18.2 Å². The van der Waals surface area contributed by atoms with Gasteiger partial charge in [0, 0.05) is 24.5 Å². The predicted molar refractivity (Wildman–Crippen MR) is 90.6 cm³/mol. The number of rotatable bonds is 5. The molecule has 2 amide bonds. The second kappa shape index (κ2) is 7.01. The van der Waals surface area contributed by atoms with Gasteiger partial charge in [0.2, 0.25) is 0 Å². The number of hydrogen-bond acceptors (Lipinski definition) is 3. The van der Waals surface area contributed by atoms with Gasteiger partial charge in [-0.05, 0) is 56.9 Å². The summed E-state index contributed by atoms with van der Waals surface area (Å²) < 4.78 is 0. The van der Waals surface area contributed by atoms with Crippen LogP contribution in [0, 0.1) is 6.92 Å². The highest BCUT2D eigenvalue weighted by Crippen LogP contribution is 2.25. The van der Waals surface area contributed by atoms with Gasteiger partial charge in [0.1, 0.15) is 0 Å². The summed E-state index contributed by atoms with van der Waals surface area (Å²) >= 11 is 0. The summed E-state index contributed by atoms with van der Waals surface area (Å²) in [5, 5.41) is 15.1. The van der Waals surface area contributed by atoms with Crippen LogP contribution in [-0.2, 0) is 0 Å². The van der Waals surface area contributed by atoms with Crippen molar-refractivity contribution < 1.29 is 9.90 Å². The molecule has 0 radical (unpaired) electrons. The number of hydrogen-bond donors (Lipinski definition) is 3. The zero-order chi connectivity index (χ0) is 16.2. The summed E-state index contributed by atoms with van der Waals surface area (Å²) in [4.78, 5) is 14.5. The predicted octanol–water partition coefficient (Wildman–Crippen LogP) is 2.88. The van der Waals surface area contributed by atoms with Crippen molar-refractivity contribution in [2.45, 2.75) is 45.6 Å². The molecule has 1 fully saturated rings. The standard InChI is InChI=1S/C17H27N3O2/c1-4-17(3,12-21)19-16(22)18-15-8-7-14(11-13(15)2)20-9-5-6-10-20/h7-8,11,21H,4-6,9-10,12H2,1-3H3,(H2,18,19,22). The van der Waals surface area contributed by atoms with Gasteiger partial charge in [0.05, 0.1) is 12.1 Å². The van der Waals surface area contributed by atoms with Crippen LogP contribution >= 0.6 is 0 Å². The quantitative estimate of drug-likeness (QED) is 0.784. The van der Waals surface area contributed by atoms with E-state index in [-0.39, 0.29) is 12.6 Å². The van der Waals surface area contributed by atoms with E-state index in [1.165, 1.54) is 18.5 Å². The number of aryl methyl sites for hydroxylation is 1. The van der Waals surface area contributed by atoms with Gasteiger partial charge in [-0.25, -0.2) is 4.79 Å². The number of aliphatic hydroxyl groups is 1. The SMILES string of the molecule is CCC(C)(CO)NC(=O)Nc1ccc(N2CCCC2)cc1C. The summed E-state index contributed by atoms with van der Waals surface area (Å²) in [7, 11) is 0. The topological polar surface area (TPSA) is 64.6 Å². The van der Waals surface area contributed by atoms with Crippen LogP contribution in [0.5, 0.6) is 0 Å². The van der Waals surface area contributed by atoms with Crippen molar-refractivity contribution in [1.82, 2.24) is 5.32 Å². The Morgan fingerprint density at radius 3 is 2.59 bits per heavy atom. The van der Waals surface area contributed by atoms with Gasteiger partial charge in [0.15, 0.2) is 0 Å². The summed E-state index contributed by atoms with van der Waals surface area (Å²) in [6, 6.07) is 5.84. The van der Waals surface area contributed by atoms with Crippen molar-refractivity contribution in [3.63, 3.8) is 0 Å². The monoisotopic (exact) mass is 305 g/mol. The van der Waals surface area contributed by atoms with Crippen LogP contribution in [0.4, 0.5) is 16.2 Å². The fraction of sp³-hybridized carbons (Fsp3) is 0.588. The number of urea groups is 1. The normalized spacial score (nSPS) is 17.2. The average Bonchev–Trinajstić information content (AvgIpc) is 3.03. The van der Waals surface area contributed by atoms with E-state index in [0.29, 0.717) is 6.42 Å². The first kappa shape index (κ1) is 16.6. The molecule has 0 spiro atoms. The van der Waals surface area contributed by atoms with Gasteiger partial charge < -0.3 is 20.6 Å². The van der Waals surface area contributed by atoms with Gasteiger partial charge in [-0.2, -0.15) is 0 Å². The third-order valence-corrected chi connectivity index (χ3v) is 4.47. The number of carbonyl (C=O) groups is 1. The molecule has 22 heavy (non-hydrogen) atoms. The van der Waals surface area contributed by atoms with Crippen molar-refractivity contribution in [3.05, 3.63) is 23.8 Å². The molecule has 0 aliphatic carbocycles. The van der Waals surface area contributed by atoms with E-state index in [1.54, 1.807) is 0 Å². The maximum atomic E-state index is 12.1. The molecule has 5 nitrogen and oxygen atoms in total. The Morgan fingerprint density at radius 2 is 2.05 bits per heavy atom. The van der Waals surface area contributed by atoms with E-state index in [1.807, 2.05) is 26.8 Å². The molecule has 0 aromatic heterocycles. The number of nitrogens with one attached hydrogen (secondary N) is 2. The minimum absolute atomic E-state index is 0.0796. The van der Waals surface area contributed by atoms with Gasteiger partial charge in [-0.1, -0.05) is 6.92 Å². The summed E-state index contributed by atoms with van der Waals surface area (Å²) in [6.07, 6.45) is 3.17. The van der Waals surface area contributed by atoms with Crippen LogP contribution in [0.25, 0.3) is 0 Å². The molecule has 3 N–H and O–H groups in total. The van der Waals surface area contributed by atoms with E-state index in [9.17, 15) is 9.90 Å². The minimum atomic E-state index is -0.590. The molecule has 1 heterocycles. The number of amides is 2. The first-order valence-corrected chi connectivity index (χ1v) is 8.03. The molecular weight excluding hydrogens is 278 g/mol. The number of carbonyl (C=O) groups excluding carboxylic acids is 1. The smallest absolute Gasteiger partial charge is 0.319 e. The molecule has 1 aliphatic heterocycles. The maximum Gasteiger partial charge on any atom is 0.319 e. The average molecular weight is 305 g/mol. The lowest BCUT2D eigenvalue weighted by atomic mass is 10.0. The van der Waals surface area contributed by atoms with Crippen LogP contribution in [-0.4, -0.2) is 36.4 Å². The first-order valence-electron chi connectivity index (χ1n) is 8.03. The molecule has 122 valence electrons. The summed E-state index contributed by atoms with van der Waals surface area (Å²) in [6.45, 7) is 7.91. The highest BCUT2D eigenvalue weighted by atomic mass is 16.3. The van der Waals surface area contributed by atoms with Crippen LogP contribution in [0.2, 0.25) is 0 Å². The van der Waals surface area contributed by atoms with Crippen molar-refractivity contribution in [2.24, 2.45) is 0 Å². The van der Waals surface area contributed by atoms with Crippen LogP contribution in [0.1, 0.15) is 38.7 Å². The molecule has 2 rings (SSSR count). The molecule has 0 bridgehead atoms. The molecular formula is C17H27N3O2. The number of anilines is 2. The third kappa shape index (κ3) is 3.91. The Kier molecular flexibility index (Phi) is 5.29. The lowest BCUT2D eigenvalue weighted by Gasteiger charge is -2.27.